The van der Waals surface area contributed by atoms with Crippen molar-refractivity contribution in [3.8, 4) is 0 Å². The van der Waals surface area contributed by atoms with Crippen molar-refractivity contribution in [3.63, 3.8) is 0 Å². The summed E-state index contributed by atoms with van der Waals surface area (Å²) >= 11 is 5.40. The van der Waals surface area contributed by atoms with E-state index in [0.29, 0.717) is 18.5 Å². The average Bonchev–Trinajstić information content (AvgIpc) is 2.40. The molecule has 1 aliphatic heterocycles. The number of benzene rings is 1. The minimum atomic E-state index is -0.244. The quantitative estimate of drug-likeness (QED) is 0.813. The van der Waals surface area contributed by atoms with Crippen LogP contribution in [0, 0.1) is 0 Å². The van der Waals surface area contributed by atoms with Crippen LogP contribution < -0.4 is 10.7 Å². The Hall–Kier alpha value is -1.88. The average molecular weight is 266 g/mol. The SMILES string of the molecule is O=C1CCC(c2ccc(NC(=O)CCl)cc2)=NN1. The van der Waals surface area contributed by atoms with Crippen LogP contribution in [0.4, 0.5) is 5.69 Å². The lowest BCUT2D eigenvalue weighted by molar-refractivity contribution is -0.121. The number of carbonyl (C=O) groups is 2. The smallest absolute Gasteiger partial charge is 0.240 e. The molecule has 0 fully saturated rings. The second kappa shape index (κ2) is 5.64. The molecule has 0 unspecified atom stereocenters. The molecule has 94 valence electrons. The minimum Gasteiger partial charge on any atom is -0.325 e. The Morgan fingerprint density at radius 1 is 1.33 bits per heavy atom. The van der Waals surface area contributed by atoms with Crippen molar-refractivity contribution in [1.82, 2.24) is 5.43 Å². The van der Waals surface area contributed by atoms with Crippen LogP contribution in [0.15, 0.2) is 29.4 Å². The Balaban J connectivity index is 2.08. The van der Waals surface area contributed by atoms with Crippen molar-refractivity contribution in [2.24, 2.45) is 5.10 Å². The summed E-state index contributed by atoms with van der Waals surface area (Å²) in [6.07, 6.45) is 1.07. The van der Waals surface area contributed by atoms with E-state index in [4.69, 9.17) is 11.6 Å². The van der Waals surface area contributed by atoms with Gasteiger partial charge in [-0.15, -0.1) is 11.6 Å². The van der Waals surface area contributed by atoms with E-state index in [2.05, 4.69) is 15.8 Å². The lowest BCUT2D eigenvalue weighted by Gasteiger charge is -2.12. The third kappa shape index (κ3) is 3.07. The van der Waals surface area contributed by atoms with Crippen LogP contribution in [0.3, 0.4) is 0 Å². The largest absolute Gasteiger partial charge is 0.325 e. The maximum absolute atomic E-state index is 11.1. The van der Waals surface area contributed by atoms with Gasteiger partial charge in [0.2, 0.25) is 11.8 Å². The Morgan fingerprint density at radius 2 is 2.06 bits per heavy atom. The first-order chi connectivity index (χ1) is 8.69. The highest BCUT2D eigenvalue weighted by atomic mass is 35.5. The Kier molecular flexibility index (Phi) is 3.94. The van der Waals surface area contributed by atoms with Crippen molar-refractivity contribution in [3.05, 3.63) is 29.8 Å². The van der Waals surface area contributed by atoms with Gasteiger partial charge in [0.15, 0.2) is 0 Å². The molecule has 0 saturated heterocycles. The van der Waals surface area contributed by atoms with Crippen LogP contribution in [0.5, 0.6) is 0 Å². The molecule has 2 rings (SSSR count). The third-order valence-corrected chi connectivity index (χ3v) is 2.77. The number of carbonyl (C=O) groups excluding carboxylic acids is 2. The van der Waals surface area contributed by atoms with Gasteiger partial charge in [-0.2, -0.15) is 5.10 Å². The third-order valence-electron chi connectivity index (χ3n) is 2.53. The van der Waals surface area contributed by atoms with Gasteiger partial charge in [-0.3, -0.25) is 9.59 Å². The van der Waals surface area contributed by atoms with Gasteiger partial charge in [0.1, 0.15) is 5.88 Å². The number of amides is 2. The summed E-state index contributed by atoms with van der Waals surface area (Å²) in [5.74, 6) is -0.378. The van der Waals surface area contributed by atoms with Crippen molar-refractivity contribution < 1.29 is 9.59 Å². The van der Waals surface area contributed by atoms with Crippen LogP contribution in [0.25, 0.3) is 0 Å². The van der Waals surface area contributed by atoms with Gasteiger partial charge in [-0.1, -0.05) is 12.1 Å². The Morgan fingerprint density at radius 3 is 2.61 bits per heavy atom. The number of alkyl halides is 1. The highest BCUT2D eigenvalue weighted by Gasteiger charge is 2.13. The molecule has 1 aromatic carbocycles. The highest BCUT2D eigenvalue weighted by molar-refractivity contribution is 6.29. The Labute approximate surface area is 109 Å². The molecule has 2 amide bonds. The molecule has 0 saturated carbocycles. The number of hydrazone groups is 1. The molecular formula is C12H12ClN3O2. The van der Waals surface area contributed by atoms with Crippen LogP contribution in [0.1, 0.15) is 18.4 Å². The molecule has 1 heterocycles. The minimum absolute atomic E-state index is 0.0651. The number of nitrogens with one attached hydrogen (secondary N) is 2. The van der Waals surface area contributed by atoms with Gasteiger partial charge in [-0.05, 0) is 17.7 Å². The molecular weight excluding hydrogens is 254 g/mol. The maximum Gasteiger partial charge on any atom is 0.240 e. The molecule has 0 aromatic heterocycles. The summed E-state index contributed by atoms with van der Waals surface area (Å²) in [6.45, 7) is 0. The number of nitrogens with zero attached hydrogens (tertiary/aromatic N) is 1. The van der Waals surface area contributed by atoms with E-state index >= 15 is 0 Å². The normalized spacial score (nSPS) is 14.7. The number of halogens is 1. The summed E-state index contributed by atoms with van der Waals surface area (Å²) in [5, 5.41) is 6.64. The van der Waals surface area contributed by atoms with Crippen LogP contribution in [-0.2, 0) is 9.59 Å². The fourth-order valence-electron chi connectivity index (χ4n) is 1.62. The summed E-state index contributed by atoms with van der Waals surface area (Å²) in [6, 6.07) is 7.25. The lowest BCUT2D eigenvalue weighted by atomic mass is 10.0. The number of anilines is 1. The number of hydrogen-bond acceptors (Lipinski definition) is 3. The fraction of sp³-hybridized carbons (Fsp3) is 0.250. The first-order valence-corrected chi connectivity index (χ1v) is 6.04. The van der Waals surface area contributed by atoms with E-state index in [9.17, 15) is 9.59 Å². The molecule has 1 aromatic rings. The number of rotatable bonds is 3. The lowest BCUT2D eigenvalue weighted by Crippen LogP contribution is -2.25. The van der Waals surface area contributed by atoms with Crippen LogP contribution in [-0.4, -0.2) is 23.4 Å². The van der Waals surface area contributed by atoms with Crippen LogP contribution in [0.2, 0.25) is 0 Å². The van der Waals surface area contributed by atoms with E-state index in [1.54, 1.807) is 12.1 Å². The van der Waals surface area contributed by atoms with Gasteiger partial charge >= 0.3 is 0 Å². The molecule has 0 atom stereocenters. The monoisotopic (exact) mass is 265 g/mol. The number of hydrogen-bond donors (Lipinski definition) is 2. The second-order valence-corrected chi connectivity index (χ2v) is 4.12. The Bertz CT molecular complexity index is 497. The first-order valence-electron chi connectivity index (χ1n) is 5.50. The van der Waals surface area contributed by atoms with E-state index in [1.165, 1.54) is 0 Å². The van der Waals surface area contributed by atoms with Crippen molar-refractivity contribution >= 4 is 34.8 Å². The summed E-state index contributed by atoms with van der Waals surface area (Å²) in [5.41, 5.74) is 4.90. The zero-order chi connectivity index (χ0) is 13.0. The van der Waals surface area contributed by atoms with E-state index in [0.717, 1.165) is 11.3 Å². The molecule has 6 heteroatoms. The summed E-state index contributed by atoms with van der Waals surface area (Å²) in [7, 11) is 0. The molecule has 0 spiro atoms. The first kappa shape index (κ1) is 12.6. The predicted octanol–water partition coefficient (Wildman–Crippen LogP) is 1.48. The van der Waals surface area contributed by atoms with Gasteiger partial charge in [0.05, 0.1) is 5.71 Å². The van der Waals surface area contributed by atoms with E-state index < -0.39 is 0 Å². The fourth-order valence-corrected chi connectivity index (χ4v) is 1.69. The predicted molar refractivity (Wildman–Crippen MR) is 69.7 cm³/mol. The maximum atomic E-state index is 11.1. The van der Waals surface area contributed by atoms with E-state index in [1.807, 2.05) is 12.1 Å². The summed E-state index contributed by atoms with van der Waals surface area (Å²) < 4.78 is 0. The van der Waals surface area contributed by atoms with Crippen LogP contribution >= 0.6 is 11.6 Å². The van der Waals surface area contributed by atoms with Crippen molar-refractivity contribution in [2.75, 3.05) is 11.2 Å². The highest BCUT2D eigenvalue weighted by Crippen LogP contribution is 2.14. The molecule has 18 heavy (non-hydrogen) atoms. The zero-order valence-electron chi connectivity index (χ0n) is 9.57. The van der Waals surface area contributed by atoms with Gasteiger partial charge in [-0.25, -0.2) is 5.43 Å². The zero-order valence-corrected chi connectivity index (χ0v) is 10.3. The topological polar surface area (TPSA) is 70.6 Å². The van der Waals surface area contributed by atoms with Crippen molar-refractivity contribution in [2.45, 2.75) is 12.8 Å². The van der Waals surface area contributed by atoms with Gasteiger partial charge in [0.25, 0.3) is 0 Å². The molecule has 0 aliphatic carbocycles. The van der Waals surface area contributed by atoms with Gasteiger partial charge < -0.3 is 5.32 Å². The van der Waals surface area contributed by atoms with E-state index in [-0.39, 0.29) is 17.7 Å². The molecule has 1 aliphatic rings. The van der Waals surface area contributed by atoms with Crippen molar-refractivity contribution in [1.29, 1.82) is 0 Å². The molecule has 0 radical (unpaired) electrons. The molecule has 5 nitrogen and oxygen atoms in total. The summed E-state index contributed by atoms with van der Waals surface area (Å²) in [4.78, 5) is 22.1. The molecule has 2 N–H and O–H groups in total. The second-order valence-electron chi connectivity index (χ2n) is 3.85. The molecule has 0 bridgehead atoms. The standard InChI is InChI=1S/C12H12ClN3O2/c13-7-12(18)14-9-3-1-8(2-4-9)10-5-6-11(17)16-15-10/h1-4H,5-7H2,(H,14,18)(H,16,17). The van der Waals surface area contributed by atoms with Gasteiger partial charge in [0, 0.05) is 18.5 Å².